The van der Waals surface area contributed by atoms with Gasteiger partial charge in [-0.1, -0.05) is 36.4 Å². The smallest absolute Gasteiger partial charge is 0.335 e. The molecule has 0 spiro atoms. The van der Waals surface area contributed by atoms with Gasteiger partial charge in [-0.15, -0.1) is 0 Å². The number of nitrogens with zero attached hydrogens (tertiary/aromatic N) is 1. The normalized spacial score (nSPS) is 16.7. The van der Waals surface area contributed by atoms with Gasteiger partial charge < -0.3 is 15.1 Å². The first-order valence-corrected chi connectivity index (χ1v) is 8.84. The molecule has 0 aromatic heterocycles. The molecular weight excluding hydrogens is 330 g/mol. The highest BCUT2D eigenvalue weighted by atomic mass is 16.4. The maximum absolute atomic E-state index is 12.5. The average Bonchev–Trinajstić information content (AvgIpc) is 3.11. The Morgan fingerprint density at radius 2 is 1.58 bits per heavy atom. The van der Waals surface area contributed by atoms with Gasteiger partial charge >= 0.3 is 5.97 Å². The lowest BCUT2D eigenvalue weighted by molar-refractivity contribution is -0.129. The van der Waals surface area contributed by atoms with Crippen LogP contribution in [-0.2, 0) is 24.2 Å². The fourth-order valence-corrected chi connectivity index (χ4v) is 3.39. The van der Waals surface area contributed by atoms with E-state index in [1.807, 2.05) is 41.3 Å². The summed E-state index contributed by atoms with van der Waals surface area (Å²) in [6, 6.07) is 14.4. The number of carboxylic acid groups (broad SMARTS) is 1. The highest BCUT2D eigenvalue weighted by Crippen LogP contribution is 2.22. The molecule has 1 aliphatic heterocycles. The molecule has 1 fully saturated rings. The van der Waals surface area contributed by atoms with E-state index in [9.17, 15) is 9.59 Å². The summed E-state index contributed by atoms with van der Waals surface area (Å²) in [5.74, 6) is -0.377. The van der Waals surface area contributed by atoms with Crippen LogP contribution < -0.4 is 0 Å². The van der Waals surface area contributed by atoms with Gasteiger partial charge in [-0.25, -0.2) is 4.79 Å². The van der Waals surface area contributed by atoms with Crippen molar-refractivity contribution < 1.29 is 19.8 Å². The molecule has 1 aliphatic rings. The number of aliphatic hydroxyl groups excluding tert-OH is 1. The summed E-state index contributed by atoms with van der Waals surface area (Å²) >= 11 is 0. The van der Waals surface area contributed by atoms with Crippen molar-refractivity contribution in [2.24, 2.45) is 5.92 Å². The Morgan fingerprint density at radius 3 is 2.19 bits per heavy atom. The number of carbonyl (C=O) groups is 2. The van der Waals surface area contributed by atoms with Crippen LogP contribution in [0.2, 0.25) is 0 Å². The standard InChI is InChI=1S/C21H23NO4/c23-14-17-3-1-16(2-4-17)12-20(24)22-10-9-18(13-22)11-15-5-7-19(8-6-15)21(25)26/h1-8,18,23H,9-14H2,(H,25,26)/t18-/m1/s1. The second-order valence-electron chi connectivity index (χ2n) is 6.85. The molecular formula is C21H23NO4. The predicted octanol–water partition coefficient (Wildman–Crippen LogP) is 2.51. The van der Waals surface area contributed by atoms with Crippen LogP contribution in [0.25, 0.3) is 0 Å². The number of aliphatic hydroxyl groups is 1. The average molecular weight is 353 g/mol. The topological polar surface area (TPSA) is 77.8 Å². The predicted molar refractivity (Wildman–Crippen MR) is 97.9 cm³/mol. The van der Waals surface area contributed by atoms with Gasteiger partial charge in [0.25, 0.3) is 0 Å². The molecule has 1 amide bonds. The van der Waals surface area contributed by atoms with Crippen LogP contribution in [0, 0.1) is 5.92 Å². The van der Waals surface area contributed by atoms with Gasteiger partial charge in [-0.05, 0) is 47.6 Å². The molecule has 2 aromatic rings. The third kappa shape index (κ3) is 4.49. The molecule has 3 rings (SSSR count). The molecule has 0 saturated carbocycles. The first kappa shape index (κ1) is 18.1. The van der Waals surface area contributed by atoms with E-state index in [-0.39, 0.29) is 12.5 Å². The zero-order valence-corrected chi connectivity index (χ0v) is 14.6. The number of amides is 1. The van der Waals surface area contributed by atoms with E-state index < -0.39 is 5.97 Å². The fourth-order valence-electron chi connectivity index (χ4n) is 3.39. The van der Waals surface area contributed by atoms with Crippen molar-refractivity contribution >= 4 is 11.9 Å². The van der Waals surface area contributed by atoms with E-state index in [1.54, 1.807) is 12.1 Å². The monoisotopic (exact) mass is 353 g/mol. The van der Waals surface area contributed by atoms with E-state index in [0.717, 1.165) is 42.6 Å². The summed E-state index contributed by atoms with van der Waals surface area (Å²) < 4.78 is 0. The van der Waals surface area contributed by atoms with Crippen LogP contribution in [-0.4, -0.2) is 40.1 Å². The Balaban J connectivity index is 1.52. The Bertz CT molecular complexity index is 768. The van der Waals surface area contributed by atoms with Crippen LogP contribution in [0.3, 0.4) is 0 Å². The van der Waals surface area contributed by atoms with Gasteiger partial charge in [0, 0.05) is 13.1 Å². The van der Waals surface area contributed by atoms with E-state index >= 15 is 0 Å². The number of hydrogen-bond acceptors (Lipinski definition) is 3. The quantitative estimate of drug-likeness (QED) is 0.836. The molecule has 2 aromatic carbocycles. The van der Waals surface area contributed by atoms with Crippen molar-refractivity contribution in [1.82, 2.24) is 4.90 Å². The molecule has 0 bridgehead atoms. The number of benzene rings is 2. The van der Waals surface area contributed by atoms with Crippen LogP contribution in [0.5, 0.6) is 0 Å². The minimum atomic E-state index is -0.916. The van der Waals surface area contributed by atoms with Gasteiger partial charge in [0.1, 0.15) is 0 Å². The number of hydrogen-bond donors (Lipinski definition) is 2. The zero-order chi connectivity index (χ0) is 18.5. The van der Waals surface area contributed by atoms with Gasteiger partial charge in [-0.3, -0.25) is 4.79 Å². The minimum absolute atomic E-state index is 0.00940. The Labute approximate surface area is 152 Å². The van der Waals surface area contributed by atoms with E-state index in [2.05, 4.69) is 0 Å². The summed E-state index contributed by atoms with van der Waals surface area (Å²) in [7, 11) is 0. The van der Waals surface area contributed by atoms with Crippen LogP contribution in [0.4, 0.5) is 0 Å². The van der Waals surface area contributed by atoms with Crippen LogP contribution in [0.1, 0.15) is 33.5 Å². The summed E-state index contributed by atoms with van der Waals surface area (Å²) in [4.78, 5) is 25.3. The molecule has 5 nitrogen and oxygen atoms in total. The van der Waals surface area contributed by atoms with E-state index in [0.29, 0.717) is 17.9 Å². The highest BCUT2D eigenvalue weighted by molar-refractivity contribution is 5.87. The maximum Gasteiger partial charge on any atom is 0.335 e. The molecule has 26 heavy (non-hydrogen) atoms. The molecule has 1 atom stereocenters. The van der Waals surface area contributed by atoms with Crippen molar-refractivity contribution in [3.8, 4) is 0 Å². The minimum Gasteiger partial charge on any atom is -0.478 e. The lowest BCUT2D eigenvalue weighted by Crippen LogP contribution is -2.30. The van der Waals surface area contributed by atoms with Crippen molar-refractivity contribution in [2.75, 3.05) is 13.1 Å². The number of likely N-dealkylation sites (tertiary alicyclic amines) is 1. The van der Waals surface area contributed by atoms with E-state index in [4.69, 9.17) is 10.2 Å². The first-order chi connectivity index (χ1) is 12.5. The summed E-state index contributed by atoms with van der Waals surface area (Å²) in [6.07, 6.45) is 2.20. The second kappa shape index (κ2) is 8.15. The lowest BCUT2D eigenvalue weighted by Gasteiger charge is -2.17. The molecule has 0 unspecified atom stereocenters. The summed E-state index contributed by atoms with van der Waals surface area (Å²) in [6.45, 7) is 1.52. The lowest BCUT2D eigenvalue weighted by atomic mass is 9.98. The molecule has 0 radical (unpaired) electrons. The fraction of sp³-hybridized carbons (Fsp3) is 0.333. The molecule has 2 N–H and O–H groups in total. The molecule has 0 aliphatic carbocycles. The Hall–Kier alpha value is -2.66. The maximum atomic E-state index is 12.5. The van der Waals surface area contributed by atoms with Crippen molar-refractivity contribution in [2.45, 2.75) is 25.9 Å². The number of carbonyl (C=O) groups excluding carboxylic acids is 1. The van der Waals surface area contributed by atoms with Gasteiger partial charge in [-0.2, -0.15) is 0 Å². The van der Waals surface area contributed by atoms with Crippen molar-refractivity contribution in [3.05, 3.63) is 70.8 Å². The van der Waals surface area contributed by atoms with Crippen LogP contribution in [0.15, 0.2) is 48.5 Å². The van der Waals surface area contributed by atoms with Crippen molar-refractivity contribution in [3.63, 3.8) is 0 Å². The molecule has 5 heteroatoms. The Kier molecular flexibility index (Phi) is 5.68. The number of aromatic carboxylic acids is 1. The first-order valence-electron chi connectivity index (χ1n) is 8.84. The SMILES string of the molecule is O=C(O)c1ccc(C[C@H]2CCN(C(=O)Cc3ccc(CO)cc3)C2)cc1. The summed E-state index contributed by atoms with van der Waals surface area (Å²) in [5.41, 5.74) is 3.20. The third-order valence-corrected chi connectivity index (χ3v) is 4.92. The highest BCUT2D eigenvalue weighted by Gasteiger charge is 2.26. The Morgan fingerprint density at radius 1 is 0.962 bits per heavy atom. The third-order valence-electron chi connectivity index (χ3n) is 4.92. The van der Waals surface area contributed by atoms with Gasteiger partial charge in [0.15, 0.2) is 0 Å². The molecule has 1 heterocycles. The summed E-state index contributed by atoms with van der Waals surface area (Å²) in [5, 5.41) is 18.0. The van der Waals surface area contributed by atoms with Crippen molar-refractivity contribution in [1.29, 1.82) is 0 Å². The van der Waals surface area contributed by atoms with Gasteiger partial charge in [0.2, 0.25) is 5.91 Å². The largest absolute Gasteiger partial charge is 0.478 e. The van der Waals surface area contributed by atoms with Gasteiger partial charge in [0.05, 0.1) is 18.6 Å². The molecule has 136 valence electrons. The zero-order valence-electron chi connectivity index (χ0n) is 14.6. The molecule has 1 saturated heterocycles. The number of rotatable bonds is 6. The van der Waals surface area contributed by atoms with E-state index in [1.165, 1.54) is 0 Å². The van der Waals surface area contributed by atoms with Crippen LogP contribution >= 0.6 is 0 Å². The second-order valence-corrected chi connectivity index (χ2v) is 6.85. The number of carboxylic acids is 1.